The molecule has 0 fully saturated rings. The molecule has 4 heteroatoms. The number of hydrogen-bond acceptors (Lipinski definition) is 3. The lowest BCUT2D eigenvalue weighted by Gasteiger charge is -2.23. The molecule has 98 valence electrons. The number of nitrogens with zero attached hydrogens (tertiary/aromatic N) is 3. The van der Waals surface area contributed by atoms with E-state index in [1.54, 1.807) is 29.8 Å². The van der Waals surface area contributed by atoms with Crippen molar-refractivity contribution in [3.05, 3.63) is 53.3 Å². The molecule has 1 atom stereocenters. The number of aromatic nitrogens is 2. The predicted molar refractivity (Wildman–Crippen MR) is 72.3 cm³/mol. The zero-order chi connectivity index (χ0) is 13.9. The van der Waals surface area contributed by atoms with Crippen molar-refractivity contribution in [3.8, 4) is 6.07 Å². The van der Waals surface area contributed by atoms with Gasteiger partial charge in [-0.05, 0) is 43.0 Å². The van der Waals surface area contributed by atoms with E-state index in [9.17, 15) is 5.11 Å². The van der Waals surface area contributed by atoms with Gasteiger partial charge < -0.3 is 5.11 Å². The lowest BCUT2D eigenvalue weighted by molar-refractivity contribution is 0.0480. The number of aliphatic hydroxyl groups is 1. The zero-order valence-electron chi connectivity index (χ0n) is 11.2. The first-order valence-electron chi connectivity index (χ1n) is 6.22. The molecule has 0 aliphatic heterocycles. The van der Waals surface area contributed by atoms with Gasteiger partial charge in [0.1, 0.15) is 0 Å². The van der Waals surface area contributed by atoms with Gasteiger partial charge in [-0.15, -0.1) is 0 Å². The molecule has 1 aromatic heterocycles. The van der Waals surface area contributed by atoms with E-state index in [-0.39, 0.29) is 0 Å². The van der Waals surface area contributed by atoms with Crippen LogP contribution in [0.5, 0.6) is 0 Å². The van der Waals surface area contributed by atoms with Crippen molar-refractivity contribution in [1.82, 2.24) is 9.78 Å². The second kappa shape index (κ2) is 5.25. The average Bonchev–Trinajstić information content (AvgIpc) is 2.82. The summed E-state index contributed by atoms with van der Waals surface area (Å²) in [4.78, 5) is 0. The molecule has 4 nitrogen and oxygen atoms in total. The summed E-state index contributed by atoms with van der Waals surface area (Å²) in [6.45, 7) is 1.78. The third kappa shape index (κ3) is 3.21. The van der Waals surface area contributed by atoms with E-state index in [1.165, 1.54) is 0 Å². The molecule has 0 bridgehead atoms. The Morgan fingerprint density at radius 2 is 2.26 bits per heavy atom. The number of aryl methyl sites for hydroxylation is 2. The summed E-state index contributed by atoms with van der Waals surface area (Å²) < 4.78 is 1.75. The van der Waals surface area contributed by atoms with E-state index < -0.39 is 5.60 Å². The van der Waals surface area contributed by atoms with Gasteiger partial charge in [-0.25, -0.2) is 0 Å². The van der Waals surface area contributed by atoms with Crippen LogP contribution >= 0.6 is 0 Å². The standard InChI is InChI=1S/C15H17N3O/c1-15(19,7-6-13-10-17-18(2)11-13)14-5-3-4-12(8-14)9-16/h3-5,8,10-11,19H,6-7H2,1-2H3. The minimum atomic E-state index is -0.942. The first-order valence-corrected chi connectivity index (χ1v) is 6.22. The molecule has 0 saturated heterocycles. The van der Waals surface area contributed by atoms with Crippen LogP contribution in [0.15, 0.2) is 36.7 Å². The minimum Gasteiger partial charge on any atom is -0.385 e. The van der Waals surface area contributed by atoms with Crippen molar-refractivity contribution < 1.29 is 5.11 Å². The Hall–Kier alpha value is -2.12. The fraction of sp³-hybridized carbons (Fsp3) is 0.333. The molecule has 0 amide bonds. The SMILES string of the molecule is Cn1cc(CCC(C)(O)c2cccc(C#N)c2)cn1. The molecule has 1 heterocycles. The summed E-state index contributed by atoms with van der Waals surface area (Å²) in [7, 11) is 1.87. The summed E-state index contributed by atoms with van der Waals surface area (Å²) in [6, 6.07) is 9.22. The minimum absolute atomic E-state index is 0.569. The lowest BCUT2D eigenvalue weighted by Crippen LogP contribution is -2.22. The van der Waals surface area contributed by atoms with Gasteiger partial charge in [-0.2, -0.15) is 10.4 Å². The van der Waals surface area contributed by atoms with Crippen LogP contribution < -0.4 is 0 Å². The molecule has 0 aliphatic carbocycles. The van der Waals surface area contributed by atoms with Gasteiger partial charge in [-0.1, -0.05) is 12.1 Å². The van der Waals surface area contributed by atoms with Crippen molar-refractivity contribution in [2.45, 2.75) is 25.4 Å². The van der Waals surface area contributed by atoms with E-state index in [2.05, 4.69) is 11.2 Å². The maximum absolute atomic E-state index is 10.5. The highest BCUT2D eigenvalue weighted by Crippen LogP contribution is 2.26. The van der Waals surface area contributed by atoms with Crippen molar-refractivity contribution in [2.24, 2.45) is 7.05 Å². The third-order valence-corrected chi connectivity index (χ3v) is 3.27. The van der Waals surface area contributed by atoms with Crippen LogP contribution in [0, 0.1) is 11.3 Å². The number of nitriles is 1. The second-order valence-electron chi connectivity index (χ2n) is 4.99. The monoisotopic (exact) mass is 255 g/mol. The summed E-state index contributed by atoms with van der Waals surface area (Å²) in [6.07, 6.45) is 5.09. The second-order valence-corrected chi connectivity index (χ2v) is 4.99. The highest BCUT2D eigenvalue weighted by Gasteiger charge is 2.23. The van der Waals surface area contributed by atoms with Crippen molar-refractivity contribution in [3.63, 3.8) is 0 Å². The number of rotatable bonds is 4. The first kappa shape index (κ1) is 13.3. The predicted octanol–water partition coefficient (Wildman–Crippen LogP) is 2.13. The summed E-state index contributed by atoms with van der Waals surface area (Å²) in [5, 5.41) is 23.5. The fourth-order valence-electron chi connectivity index (χ4n) is 2.06. The van der Waals surface area contributed by atoms with E-state index in [0.717, 1.165) is 17.5 Å². The molecule has 0 radical (unpaired) electrons. The van der Waals surface area contributed by atoms with Gasteiger partial charge in [0.2, 0.25) is 0 Å². The molecule has 0 spiro atoms. The molecule has 1 aromatic carbocycles. The van der Waals surface area contributed by atoms with E-state index >= 15 is 0 Å². The maximum atomic E-state index is 10.5. The van der Waals surface area contributed by atoms with Crippen LogP contribution in [-0.4, -0.2) is 14.9 Å². The summed E-state index contributed by atoms with van der Waals surface area (Å²) in [5.74, 6) is 0. The molecule has 19 heavy (non-hydrogen) atoms. The van der Waals surface area contributed by atoms with E-state index in [0.29, 0.717) is 12.0 Å². The highest BCUT2D eigenvalue weighted by molar-refractivity contribution is 5.35. The Bertz CT molecular complexity index is 608. The number of hydrogen-bond donors (Lipinski definition) is 1. The van der Waals surface area contributed by atoms with Crippen LogP contribution in [-0.2, 0) is 19.1 Å². The van der Waals surface area contributed by atoms with Gasteiger partial charge in [0, 0.05) is 13.2 Å². The Kier molecular flexibility index (Phi) is 3.68. The van der Waals surface area contributed by atoms with Crippen molar-refractivity contribution in [2.75, 3.05) is 0 Å². The first-order chi connectivity index (χ1) is 9.01. The van der Waals surface area contributed by atoms with E-state index in [1.807, 2.05) is 25.5 Å². The van der Waals surface area contributed by atoms with Crippen LogP contribution in [0.1, 0.15) is 30.0 Å². The van der Waals surface area contributed by atoms with Gasteiger partial charge in [-0.3, -0.25) is 4.68 Å². The van der Waals surface area contributed by atoms with Gasteiger partial charge >= 0.3 is 0 Å². The molecule has 1 unspecified atom stereocenters. The quantitative estimate of drug-likeness (QED) is 0.910. The van der Waals surface area contributed by atoms with Crippen LogP contribution in [0.25, 0.3) is 0 Å². The topological polar surface area (TPSA) is 61.8 Å². The molecule has 0 saturated carbocycles. The Balaban J connectivity index is 2.11. The molecular weight excluding hydrogens is 238 g/mol. The normalized spacial score (nSPS) is 13.8. The number of benzene rings is 1. The average molecular weight is 255 g/mol. The molecule has 2 rings (SSSR count). The van der Waals surface area contributed by atoms with Crippen LogP contribution in [0.2, 0.25) is 0 Å². The third-order valence-electron chi connectivity index (χ3n) is 3.27. The summed E-state index contributed by atoms with van der Waals surface area (Å²) >= 11 is 0. The fourth-order valence-corrected chi connectivity index (χ4v) is 2.06. The van der Waals surface area contributed by atoms with Crippen molar-refractivity contribution >= 4 is 0 Å². The highest BCUT2D eigenvalue weighted by atomic mass is 16.3. The Morgan fingerprint density at radius 3 is 2.89 bits per heavy atom. The van der Waals surface area contributed by atoms with E-state index in [4.69, 9.17) is 5.26 Å². The van der Waals surface area contributed by atoms with Crippen molar-refractivity contribution in [1.29, 1.82) is 5.26 Å². The zero-order valence-corrected chi connectivity index (χ0v) is 11.2. The lowest BCUT2D eigenvalue weighted by atomic mass is 9.89. The van der Waals surface area contributed by atoms with Gasteiger partial charge in [0.25, 0.3) is 0 Å². The molecule has 2 aromatic rings. The van der Waals surface area contributed by atoms with Gasteiger partial charge in [0.15, 0.2) is 0 Å². The molecule has 1 N–H and O–H groups in total. The largest absolute Gasteiger partial charge is 0.385 e. The molecule has 0 aliphatic rings. The van der Waals surface area contributed by atoms with Crippen LogP contribution in [0.4, 0.5) is 0 Å². The Morgan fingerprint density at radius 1 is 1.47 bits per heavy atom. The maximum Gasteiger partial charge on any atom is 0.0991 e. The van der Waals surface area contributed by atoms with Crippen LogP contribution in [0.3, 0.4) is 0 Å². The summed E-state index contributed by atoms with van der Waals surface area (Å²) in [5.41, 5.74) is 1.50. The van der Waals surface area contributed by atoms with Gasteiger partial charge in [0.05, 0.1) is 23.4 Å². The molecular formula is C15H17N3O. The smallest absolute Gasteiger partial charge is 0.0991 e. The Labute approximate surface area is 112 Å².